The minimum atomic E-state index is -0.507. The van der Waals surface area contributed by atoms with Gasteiger partial charge in [0.1, 0.15) is 5.82 Å². The smallest absolute Gasteiger partial charge is 0.230 e. The third-order valence-electron chi connectivity index (χ3n) is 3.02. The van der Waals surface area contributed by atoms with Crippen molar-refractivity contribution in [1.82, 2.24) is 5.32 Å². The fraction of sp³-hybridized carbons (Fsp3) is 0.417. The Kier molecular flexibility index (Phi) is 5.13. The van der Waals surface area contributed by atoms with E-state index in [9.17, 15) is 9.18 Å². The van der Waals surface area contributed by atoms with Crippen LogP contribution in [0.4, 0.5) is 4.39 Å². The summed E-state index contributed by atoms with van der Waals surface area (Å²) < 4.78 is 13.5. The van der Waals surface area contributed by atoms with Crippen molar-refractivity contribution in [1.29, 1.82) is 0 Å². The molecule has 0 saturated heterocycles. The molecule has 0 heterocycles. The number of carbonyl (C=O) groups is 1. The highest BCUT2D eigenvalue weighted by molar-refractivity contribution is 7.97. The molecule has 6 heteroatoms. The minimum Gasteiger partial charge on any atom is -0.400 e. The average Bonchev–Trinajstić information content (AvgIpc) is 3.21. The predicted molar refractivity (Wildman–Crippen MR) is 69.6 cm³/mol. The highest BCUT2D eigenvalue weighted by Crippen LogP contribution is 2.48. The highest BCUT2D eigenvalue weighted by atomic mass is 32.2. The topological polar surface area (TPSA) is 75.4 Å². The van der Waals surface area contributed by atoms with E-state index in [4.69, 9.17) is 10.2 Å². The van der Waals surface area contributed by atoms with Gasteiger partial charge in [0.2, 0.25) is 5.91 Å². The van der Waals surface area contributed by atoms with Crippen molar-refractivity contribution in [2.75, 3.05) is 14.2 Å². The maximum Gasteiger partial charge on any atom is 0.230 e. The molecule has 1 amide bonds. The van der Waals surface area contributed by atoms with E-state index in [1.807, 2.05) is 0 Å². The molecular formula is C12H17FN2O2S. The summed E-state index contributed by atoms with van der Waals surface area (Å²) in [5, 5.41) is 14.9. The van der Waals surface area contributed by atoms with Gasteiger partial charge in [-0.05, 0) is 42.5 Å². The molecule has 1 saturated carbocycles. The van der Waals surface area contributed by atoms with Crippen molar-refractivity contribution in [3.8, 4) is 0 Å². The Morgan fingerprint density at radius 3 is 2.50 bits per heavy atom. The van der Waals surface area contributed by atoms with Crippen molar-refractivity contribution in [3.05, 3.63) is 29.6 Å². The normalized spacial score (nSPS) is 15.4. The lowest BCUT2D eigenvalue weighted by Crippen LogP contribution is -2.31. The summed E-state index contributed by atoms with van der Waals surface area (Å²) in [6.45, 7) is 0. The lowest BCUT2D eigenvalue weighted by atomic mass is 9.95. The molecule has 1 aliphatic carbocycles. The number of halogens is 1. The molecule has 100 valence electrons. The monoisotopic (exact) mass is 272 g/mol. The molecule has 4 nitrogen and oxygen atoms in total. The van der Waals surface area contributed by atoms with Crippen LogP contribution >= 0.6 is 11.9 Å². The second-order valence-corrected chi connectivity index (χ2v) is 4.60. The van der Waals surface area contributed by atoms with Gasteiger partial charge in [-0.1, -0.05) is 6.07 Å². The summed E-state index contributed by atoms with van der Waals surface area (Å²) >= 11 is 0.874. The maximum absolute atomic E-state index is 13.5. The van der Waals surface area contributed by atoms with Crippen molar-refractivity contribution in [2.45, 2.75) is 23.2 Å². The van der Waals surface area contributed by atoms with E-state index in [0.29, 0.717) is 4.90 Å². The standard InChI is InChI=1S/C11H13FN2OS.CH4O/c1-14-10(15)11(4-5-11)7-2-3-9(16-13)8(12)6-7;1-2/h2-3,6H,4-5,13H2,1H3,(H,14,15);2H,1H3. The molecule has 1 aromatic carbocycles. The van der Waals surface area contributed by atoms with Gasteiger partial charge in [-0.3, -0.25) is 9.93 Å². The quantitative estimate of drug-likeness (QED) is 0.722. The van der Waals surface area contributed by atoms with Gasteiger partial charge in [0.15, 0.2) is 0 Å². The fourth-order valence-electron chi connectivity index (χ4n) is 1.91. The van der Waals surface area contributed by atoms with Gasteiger partial charge in [-0.15, -0.1) is 0 Å². The number of nitrogens with two attached hydrogens (primary N) is 1. The van der Waals surface area contributed by atoms with E-state index in [1.165, 1.54) is 6.07 Å². The summed E-state index contributed by atoms with van der Waals surface area (Å²) in [4.78, 5) is 12.1. The first-order chi connectivity index (χ1) is 8.64. The van der Waals surface area contributed by atoms with Crippen LogP contribution in [0.1, 0.15) is 18.4 Å². The van der Waals surface area contributed by atoms with Crippen LogP contribution in [-0.4, -0.2) is 25.2 Å². The number of rotatable bonds is 3. The molecule has 1 aromatic rings. The number of nitrogens with one attached hydrogen (secondary N) is 1. The summed E-state index contributed by atoms with van der Waals surface area (Å²) in [7, 11) is 2.60. The molecule has 1 aliphatic rings. The first kappa shape index (κ1) is 14.9. The van der Waals surface area contributed by atoms with Crippen LogP contribution in [0, 0.1) is 5.82 Å². The summed E-state index contributed by atoms with van der Waals surface area (Å²) in [5.41, 5.74) is 0.232. The van der Waals surface area contributed by atoms with Crippen LogP contribution in [0.3, 0.4) is 0 Å². The number of aliphatic hydroxyl groups excluding tert-OH is 1. The molecule has 0 spiro atoms. The van der Waals surface area contributed by atoms with E-state index in [0.717, 1.165) is 37.5 Å². The van der Waals surface area contributed by atoms with Crippen molar-refractivity contribution in [3.63, 3.8) is 0 Å². The molecule has 0 aliphatic heterocycles. The van der Waals surface area contributed by atoms with E-state index in [-0.39, 0.29) is 11.7 Å². The summed E-state index contributed by atoms with van der Waals surface area (Å²) in [6.07, 6.45) is 1.56. The van der Waals surface area contributed by atoms with Gasteiger partial charge in [0.05, 0.1) is 10.3 Å². The van der Waals surface area contributed by atoms with Gasteiger partial charge in [0.25, 0.3) is 0 Å². The SMILES string of the molecule is CNC(=O)C1(c2ccc(SN)c(F)c2)CC1.CO. The van der Waals surface area contributed by atoms with Crippen LogP contribution in [-0.2, 0) is 10.2 Å². The summed E-state index contributed by atoms with van der Waals surface area (Å²) in [6, 6.07) is 4.82. The first-order valence-electron chi connectivity index (χ1n) is 5.48. The molecule has 2 rings (SSSR count). The Morgan fingerprint density at radius 2 is 2.11 bits per heavy atom. The van der Waals surface area contributed by atoms with Crippen LogP contribution in [0.25, 0.3) is 0 Å². The Balaban J connectivity index is 0.000000771. The van der Waals surface area contributed by atoms with Gasteiger partial charge >= 0.3 is 0 Å². The molecule has 4 N–H and O–H groups in total. The minimum absolute atomic E-state index is 0.0416. The van der Waals surface area contributed by atoms with Crippen LogP contribution < -0.4 is 10.5 Å². The second-order valence-electron chi connectivity index (χ2n) is 3.92. The van der Waals surface area contributed by atoms with Crippen molar-refractivity contribution in [2.24, 2.45) is 5.14 Å². The second kappa shape index (κ2) is 6.17. The van der Waals surface area contributed by atoms with E-state index >= 15 is 0 Å². The largest absolute Gasteiger partial charge is 0.400 e. The molecule has 0 radical (unpaired) electrons. The zero-order valence-electron chi connectivity index (χ0n) is 10.4. The molecule has 0 aromatic heterocycles. The molecule has 1 fully saturated rings. The number of likely N-dealkylation sites (N-methyl/N-ethyl adjacent to an activating group) is 1. The zero-order chi connectivity index (χ0) is 13.8. The average molecular weight is 272 g/mol. The zero-order valence-corrected chi connectivity index (χ0v) is 11.2. The number of amides is 1. The predicted octanol–water partition coefficient (Wildman–Crippen LogP) is 1.18. The third kappa shape index (κ3) is 2.66. The lowest BCUT2D eigenvalue weighted by Gasteiger charge is -2.14. The number of carbonyl (C=O) groups excluding carboxylic acids is 1. The number of hydrogen-bond donors (Lipinski definition) is 3. The van der Waals surface area contributed by atoms with E-state index < -0.39 is 5.41 Å². The number of benzene rings is 1. The van der Waals surface area contributed by atoms with Gasteiger partial charge < -0.3 is 10.4 Å². The number of aliphatic hydroxyl groups is 1. The van der Waals surface area contributed by atoms with Crippen LogP contribution in [0.2, 0.25) is 0 Å². The van der Waals surface area contributed by atoms with Crippen molar-refractivity contribution >= 4 is 17.9 Å². The maximum atomic E-state index is 13.5. The van der Waals surface area contributed by atoms with Gasteiger partial charge in [-0.25, -0.2) is 4.39 Å². The molecule has 0 bridgehead atoms. The van der Waals surface area contributed by atoms with E-state index in [2.05, 4.69) is 5.32 Å². The number of hydrogen-bond acceptors (Lipinski definition) is 4. The Bertz CT molecular complexity index is 436. The van der Waals surface area contributed by atoms with Crippen LogP contribution in [0.5, 0.6) is 0 Å². The van der Waals surface area contributed by atoms with Crippen LogP contribution in [0.15, 0.2) is 23.1 Å². The first-order valence-corrected chi connectivity index (χ1v) is 6.35. The Labute approximate surface area is 110 Å². The molecule has 0 unspecified atom stereocenters. The molecule has 0 atom stereocenters. The van der Waals surface area contributed by atoms with Gasteiger partial charge in [-0.2, -0.15) is 0 Å². The molecule has 18 heavy (non-hydrogen) atoms. The van der Waals surface area contributed by atoms with Gasteiger partial charge in [0, 0.05) is 14.2 Å². The lowest BCUT2D eigenvalue weighted by molar-refractivity contribution is -0.123. The Morgan fingerprint density at radius 1 is 1.50 bits per heavy atom. The third-order valence-corrected chi connectivity index (χ3v) is 3.61. The molecular weight excluding hydrogens is 255 g/mol. The van der Waals surface area contributed by atoms with Crippen molar-refractivity contribution < 1.29 is 14.3 Å². The summed E-state index contributed by atoms with van der Waals surface area (Å²) in [5.74, 6) is -0.403. The van der Waals surface area contributed by atoms with E-state index in [1.54, 1.807) is 19.2 Å². The highest BCUT2D eigenvalue weighted by Gasteiger charge is 2.50. The Hall–Kier alpha value is -1.11. The fourth-order valence-corrected chi connectivity index (χ4v) is 2.22.